The van der Waals surface area contributed by atoms with Crippen LogP contribution in [-0.2, 0) is 6.54 Å². The van der Waals surface area contributed by atoms with Crippen molar-refractivity contribution in [2.45, 2.75) is 45.2 Å². The van der Waals surface area contributed by atoms with Crippen LogP contribution in [0, 0.1) is 0 Å². The summed E-state index contributed by atoms with van der Waals surface area (Å²) in [5, 5.41) is 10.0. The van der Waals surface area contributed by atoms with Crippen LogP contribution in [0.4, 0.5) is 0 Å². The molecule has 3 heteroatoms. The monoisotopic (exact) mass is 297 g/mol. The molecule has 1 saturated heterocycles. The van der Waals surface area contributed by atoms with Crippen molar-refractivity contribution in [2.75, 3.05) is 6.54 Å². The number of likely N-dealkylation sites (tertiary alicyclic amines) is 1. The predicted octanol–water partition coefficient (Wildman–Crippen LogP) is 3.92. The first-order valence-electron chi connectivity index (χ1n) is 6.39. The Labute approximate surface area is 112 Å². The second-order valence-electron chi connectivity index (χ2n) is 4.92. The highest BCUT2D eigenvalue weighted by atomic mass is 79.9. The van der Waals surface area contributed by atoms with E-state index in [1.165, 1.54) is 25.7 Å². The van der Waals surface area contributed by atoms with Gasteiger partial charge in [0.1, 0.15) is 5.75 Å². The van der Waals surface area contributed by atoms with Gasteiger partial charge < -0.3 is 5.11 Å². The van der Waals surface area contributed by atoms with Crippen molar-refractivity contribution in [1.82, 2.24) is 4.90 Å². The molecule has 0 radical (unpaired) electrons. The summed E-state index contributed by atoms with van der Waals surface area (Å²) in [5.74, 6) is 0.393. The maximum absolute atomic E-state index is 10.0. The van der Waals surface area contributed by atoms with E-state index in [9.17, 15) is 5.11 Å². The Balaban J connectivity index is 2.10. The normalized spacial score (nSPS) is 22.4. The predicted molar refractivity (Wildman–Crippen MR) is 74.1 cm³/mol. The number of rotatable bonds is 2. The molecule has 1 aromatic carbocycles. The standard InChI is InChI=1S/C14H20BrNO/c1-11-6-3-2-4-9-16(11)10-12-7-5-8-13(15)14(12)17/h5,7-8,11,17H,2-4,6,9-10H2,1H3. The molecule has 0 aliphatic carbocycles. The van der Waals surface area contributed by atoms with Crippen LogP contribution < -0.4 is 0 Å². The maximum Gasteiger partial charge on any atom is 0.134 e. The lowest BCUT2D eigenvalue weighted by Crippen LogP contribution is -2.31. The fraction of sp³-hybridized carbons (Fsp3) is 0.571. The highest BCUT2D eigenvalue weighted by Crippen LogP contribution is 2.29. The van der Waals surface area contributed by atoms with E-state index in [-0.39, 0.29) is 0 Å². The van der Waals surface area contributed by atoms with Crippen LogP contribution >= 0.6 is 15.9 Å². The third-order valence-electron chi connectivity index (χ3n) is 3.63. The number of aromatic hydroxyl groups is 1. The smallest absolute Gasteiger partial charge is 0.134 e. The first-order valence-corrected chi connectivity index (χ1v) is 7.18. The van der Waals surface area contributed by atoms with E-state index in [1.54, 1.807) is 0 Å². The molecule has 1 aromatic rings. The Morgan fingerprint density at radius 3 is 3.00 bits per heavy atom. The van der Waals surface area contributed by atoms with E-state index < -0.39 is 0 Å². The lowest BCUT2D eigenvalue weighted by atomic mass is 10.1. The number of benzene rings is 1. The third-order valence-corrected chi connectivity index (χ3v) is 4.27. The van der Waals surface area contributed by atoms with E-state index in [1.807, 2.05) is 18.2 Å². The van der Waals surface area contributed by atoms with Gasteiger partial charge in [0.05, 0.1) is 4.47 Å². The van der Waals surface area contributed by atoms with Gasteiger partial charge in [-0.25, -0.2) is 0 Å². The Morgan fingerprint density at radius 1 is 1.35 bits per heavy atom. The number of halogens is 1. The molecule has 1 aliphatic rings. The van der Waals surface area contributed by atoms with Gasteiger partial charge >= 0.3 is 0 Å². The number of hydrogen-bond acceptors (Lipinski definition) is 2. The number of phenols is 1. The Hall–Kier alpha value is -0.540. The molecular formula is C14H20BrNO. The SMILES string of the molecule is CC1CCCCCN1Cc1cccc(Br)c1O. The highest BCUT2D eigenvalue weighted by molar-refractivity contribution is 9.10. The number of hydrogen-bond donors (Lipinski definition) is 1. The summed E-state index contributed by atoms with van der Waals surface area (Å²) in [6.07, 6.45) is 5.22. The van der Waals surface area contributed by atoms with Gasteiger partial charge in [0.25, 0.3) is 0 Å². The molecule has 1 N–H and O–H groups in total. The average Bonchev–Trinajstić information content (AvgIpc) is 2.51. The molecule has 0 saturated carbocycles. The molecule has 17 heavy (non-hydrogen) atoms. The zero-order valence-corrected chi connectivity index (χ0v) is 11.9. The van der Waals surface area contributed by atoms with Crippen molar-refractivity contribution in [2.24, 2.45) is 0 Å². The van der Waals surface area contributed by atoms with E-state index in [4.69, 9.17) is 0 Å². The Morgan fingerprint density at radius 2 is 2.18 bits per heavy atom. The molecule has 1 aliphatic heterocycles. The van der Waals surface area contributed by atoms with Crippen molar-refractivity contribution >= 4 is 15.9 Å². The minimum Gasteiger partial charge on any atom is -0.506 e. The summed E-state index contributed by atoms with van der Waals surface area (Å²) in [6, 6.07) is 6.50. The van der Waals surface area contributed by atoms with Gasteiger partial charge in [-0.3, -0.25) is 4.90 Å². The van der Waals surface area contributed by atoms with Gasteiger partial charge in [-0.15, -0.1) is 0 Å². The molecular weight excluding hydrogens is 278 g/mol. The highest BCUT2D eigenvalue weighted by Gasteiger charge is 2.18. The van der Waals surface area contributed by atoms with Crippen LogP contribution in [0.15, 0.2) is 22.7 Å². The summed E-state index contributed by atoms with van der Waals surface area (Å²) >= 11 is 3.37. The van der Waals surface area contributed by atoms with Crippen LogP contribution in [0.25, 0.3) is 0 Å². The molecule has 1 fully saturated rings. The van der Waals surface area contributed by atoms with Gasteiger partial charge in [0, 0.05) is 18.2 Å². The van der Waals surface area contributed by atoms with Crippen molar-refractivity contribution in [3.8, 4) is 5.75 Å². The molecule has 1 heterocycles. The molecule has 94 valence electrons. The Bertz CT molecular complexity index is 380. The minimum absolute atomic E-state index is 0.393. The van der Waals surface area contributed by atoms with E-state index in [0.717, 1.165) is 23.1 Å². The van der Waals surface area contributed by atoms with Crippen molar-refractivity contribution < 1.29 is 5.11 Å². The molecule has 0 bridgehead atoms. The molecule has 0 spiro atoms. The molecule has 1 atom stereocenters. The van der Waals surface area contributed by atoms with Crippen LogP contribution in [0.2, 0.25) is 0 Å². The second-order valence-corrected chi connectivity index (χ2v) is 5.77. The fourth-order valence-electron chi connectivity index (χ4n) is 2.48. The van der Waals surface area contributed by atoms with Gasteiger partial charge in [-0.05, 0) is 48.3 Å². The lowest BCUT2D eigenvalue weighted by Gasteiger charge is -2.27. The van der Waals surface area contributed by atoms with Gasteiger partial charge in [-0.2, -0.15) is 0 Å². The topological polar surface area (TPSA) is 23.5 Å². The van der Waals surface area contributed by atoms with Crippen molar-refractivity contribution in [1.29, 1.82) is 0 Å². The second kappa shape index (κ2) is 5.87. The summed E-state index contributed by atoms with van der Waals surface area (Å²) in [6.45, 7) is 4.29. The first-order chi connectivity index (χ1) is 8.18. The third kappa shape index (κ3) is 3.23. The van der Waals surface area contributed by atoms with E-state index in [2.05, 4.69) is 27.8 Å². The minimum atomic E-state index is 0.393. The molecule has 2 nitrogen and oxygen atoms in total. The first kappa shape index (κ1) is 12.9. The summed E-state index contributed by atoms with van der Waals surface area (Å²) in [7, 11) is 0. The van der Waals surface area contributed by atoms with Gasteiger partial charge in [0.15, 0.2) is 0 Å². The summed E-state index contributed by atoms with van der Waals surface area (Å²) in [5.41, 5.74) is 1.02. The van der Waals surface area contributed by atoms with Gasteiger partial charge in [-0.1, -0.05) is 25.0 Å². The largest absolute Gasteiger partial charge is 0.506 e. The fourth-order valence-corrected chi connectivity index (χ4v) is 2.88. The number of nitrogens with zero attached hydrogens (tertiary/aromatic N) is 1. The van der Waals surface area contributed by atoms with Crippen LogP contribution in [0.3, 0.4) is 0 Å². The van der Waals surface area contributed by atoms with E-state index >= 15 is 0 Å². The molecule has 2 rings (SSSR count). The average molecular weight is 298 g/mol. The van der Waals surface area contributed by atoms with Gasteiger partial charge in [0.2, 0.25) is 0 Å². The van der Waals surface area contributed by atoms with Crippen molar-refractivity contribution in [3.63, 3.8) is 0 Å². The van der Waals surface area contributed by atoms with Crippen LogP contribution in [0.1, 0.15) is 38.2 Å². The maximum atomic E-state index is 10.0. The van der Waals surface area contributed by atoms with E-state index in [0.29, 0.717) is 11.8 Å². The van der Waals surface area contributed by atoms with Crippen molar-refractivity contribution in [3.05, 3.63) is 28.2 Å². The zero-order valence-electron chi connectivity index (χ0n) is 10.3. The number of phenolic OH excluding ortho intramolecular Hbond substituents is 1. The summed E-state index contributed by atoms with van der Waals surface area (Å²) in [4.78, 5) is 2.48. The molecule has 1 unspecified atom stereocenters. The zero-order chi connectivity index (χ0) is 12.3. The quantitative estimate of drug-likeness (QED) is 0.894. The molecule has 0 amide bonds. The van der Waals surface area contributed by atoms with Crippen LogP contribution in [-0.4, -0.2) is 22.6 Å². The number of para-hydroxylation sites is 1. The summed E-state index contributed by atoms with van der Waals surface area (Å²) < 4.78 is 0.789. The van der Waals surface area contributed by atoms with Crippen LogP contribution in [0.5, 0.6) is 5.75 Å². The molecule has 0 aromatic heterocycles. The Kier molecular flexibility index (Phi) is 4.46. The lowest BCUT2D eigenvalue weighted by molar-refractivity contribution is 0.202.